The van der Waals surface area contributed by atoms with Crippen molar-refractivity contribution in [2.24, 2.45) is 0 Å². The number of ketones is 1. The molecule has 25 heavy (non-hydrogen) atoms. The largest absolute Gasteiger partial charge is 0.378 e. The highest BCUT2D eigenvalue weighted by atomic mass is 32.1. The first-order chi connectivity index (χ1) is 12.2. The summed E-state index contributed by atoms with van der Waals surface area (Å²) in [6.45, 7) is 0.765. The smallest absolute Gasteiger partial charge is 0.157 e. The van der Waals surface area contributed by atoms with Gasteiger partial charge in [-0.25, -0.2) is 4.98 Å². The molecule has 126 valence electrons. The number of rotatable bonds is 6. The van der Waals surface area contributed by atoms with Crippen molar-refractivity contribution in [2.75, 3.05) is 6.61 Å². The summed E-state index contributed by atoms with van der Waals surface area (Å²) in [7, 11) is 0. The number of carbonyl (C=O) groups excluding carboxylic acids is 1. The standard InChI is InChI=1S/C19H17N3O2S/c20-10-13-3-5-14(6-4-13)17-12-25-19(22-17)16(11-21)18(23)8-7-15-2-1-9-24-15/h3-6,12,15-16H,1-2,7-9H2. The Morgan fingerprint density at radius 1 is 1.36 bits per heavy atom. The van der Waals surface area contributed by atoms with Gasteiger partial charge in [-0.15, -0.1) is 11.3 Å². The number of hydrogen-bond acceptors (Lipinski definition) is 6. The zero-order valence-corrected chi connectivity index (χ0v) is 14.5. The monoisotopic (exact) mass is 351 g/mol. The van der Waals surface area contributed by atoms with Crippen molar-refractivity contribution < 1.29 is 9.53 Å². The lowest BCUT2D eigenvalue weighted by Gasteiger charge is -2.09. The van der Waals surface area contributed by atoms with E-state index in [1.54, 1.807) is 12.1 Å². The van der Waals surface area contributed by atoms with Crippen LogP contribution in [-0.4, -0.2) is 23.5 Å². The Balaban J connectivity index is 1.68. The van der Waals surface area contributed by atoms with Crippen LogP contribution in [0.25, 0.3) is 11.3 Å². The van der Waals surface area contributed by atoms with Crippen LogP contribution in [0.1, 0.15) is 42.2 Å². The van der Waals surface area contributed by atoms with E-state index in [9.17, 15) is 10.1 Å². The normalized spacial score (nSPS) is 17.6. The van der Waals surface area contributed by atoms with Gasteiger partial charge in [-0.3, -0.25) is 4.79 Å². The van der Waals surface area contributed by atoms with Crippen LogP contribution in [-0.2, 0) is 9.53 Å². The lowest BCUT2D eigenvalue weighted by molar-refractivity contribution is -0.120. The summed E-state index contributed by atoms with van der Waals surface area (Å²) in [6.07, 6.45) is 3.19. The van der Waals surface area contributed by atoms with E-state index in [-0.39, 0.29) is 11.9 Å². The summed E-state index contributed by atoms with van der Waals surface area (Å²) in [5.41, 5.74) is 2.17. The van der Waals surface area contributed by atoms with E-state index in [4.69, 9.17) is 10.00 Å². The van der Waals surface area contributed by atoms with E-state index in [1.165, 1.54) is 11.3 Å². The third kappa shape index (κ3) is 4.11. The molecule has 0 radical (unpaired) electrons. The molecule has 0 amide bonds. The van der Waals surface area contributed by atoms with Crippen LogP contribution in [0.5, 0.6) is 0 Å². The minimum atomic E-state index is -0.821. The molecule has 0 N–H and O–H groups in total. The van der Waals surface area contributed by atoms with E-state index >= 15 is 0 Å². The van der Waals surface area contributed by atoms with Crippen LogP contribution in [0.4, 0.5) is 0 Å². The molecule has 2 aromatic rings. The maximum absolute atomic E-state index is 12.4. The SMILES string of the molecule is N#Cc1ccc(-c2csc(C(C#N)C(=O)CCC3CCCO3)n2)cc1. The Morgan fingerprint density at radius 2 is 2.16 bits per heavy atom. The van der Waals surface area contributed by atoms with Crippen molar-refractivity contribution in [1.82, 2.24) is 4.98 Å². The number of ether oxygens (including phenoxy) is 1. The molecule has 0 aliphatic carbocycles. The molecule has 0 spiro atoms. The Hall–Kier alpha value is -2.54. The van der Waals surface area contributed by atoms with E-state index in [0.29, 0.717) is 23.4 Å². The number of benzene rings is 1. The van der Waals surface area contributed by atoms with Gasteiger partial charge in [-0.05, 0) is 31.4 Å². The maximum Gasteiger partial charge on any atom is 0.157 e. The van der Waals surface area contributed by atoms with Gasteiger partial charge in [0, 0.05) is 24.0 Å². The van der Waals surface area contributed by atoms with Gasteiger partial charge >= 0.3 is 0 Å². The first-order valence-electron chi connectivity index (χ1n) is 8.21. The Morgan fingerprint density at radius 3 is 2.80 bits per heavy atom. The number of hydrogen-bond donors (Lipinski definition) is 0. The highest BCUT2D eigenvalue weighted by Gasteiger charge is 2.25. The molecule has 1 aliphatic heterocycles. The lowest BCUT2D eigenvalue weighted by Crippen LogP contribution is -2.14. The van der Waals surface area contributed by atoms with Gasteiger partial charge < -0.3 is 4.74 Å². The molecule has 1 aromatic carbocycles. The summed E-state index contributed by atoms with van der Waals surface area (Å²) < 4.78 is 5.53. The predicted molar refractivity (Wildman–Crippen MR) is 93.8 cm³/mol. The van der Waals surface area contributed by atoms with Crippen LogP contribution in [0.15, 0.2) is 29.6 Å². The molecular formula is C19H17N3O2S. The summed E-state index contributed by atoms with van der Waals surface area (Å²) >= 11 is 1.32. The first-order valence-corrected chi connectivity index (χ1v) is 9.09. The molecule has 5 nitrogen and oxygen atoms in total. The van der Waals surface area contributed by atoms with Crippen LogP contribution in [0, 0.1) is 22.7 Å². The number of thiazole rings is 1. The molecule has 1 aliphatic rings. The molecule has 2 heterocycles. The van der Waals surface area contributed by atoms with Crippen molar-refractivity contribution >= 4 is 17.1 Å². The van der Waals surface area contributed by atoms with Gasteiger partial charge in [-0.2, -0.15) is 10.5 Å². The molecule has 2 atom stereocenters. The quantitative estimate of drug-likeness (QED) is 0.789. The van der Waals surface area contributed by atoms with Gasteiger partial charge in [0.25, 0.3) is 0 Å². The van der Waals surface area contributed by atoms with Crippen molar-refractivity contribution in [2.45, 2.75) is 37.7 Å². The van der Waals surface area contributed by atoms with Crippen LogP contribution in [0.2, 0.25) is 0 Å². The maximum atomic E-state index is 12.4. The molecule has 1 aromatic heterocycles. The number of nitrogens with zero attached hydrogens (tertiary/aromatic N) is 3. The number of Topliss-reactive ketones (excluding diaryl/α,β-unsaturated/α-hetero) is 1. The minimum Gasteiger partial charge on any atom is -0.378 e. The fraction of sp³-hybridized carbons (Fsp3) is 0.368. The Bertz CT molecular complexity index is 824. The van der Waals surface area contributed by atoms with Crippen LogP contribution >= 0.6 is 11.3 Å². The topological polar surface area (TPSA) is 86.8 Å². The van der Waals surface area contributed by atoms with Crippen molar-refractivity contribution in [3.05, 3.63) is 40.2 Å². The second-order valence-electron chi connectivity index (χ2n) is 5.96. The fourth-order valence-corrected chi connectivity index (χ4v) is 3.75. The number of aromatic nitrogens is 1. The number of carbonyl (C=O) groups is 1. The van der Waals surface area contributed by atoms with Gasteiger partial charge in [0.05, 0.1) is 29.5 Å². The summed E-state index contributed by atoms with van der Waals surface area (Å²) in [6, 6.07) is 11.3. The zero-order valence-electron chi connectivity index (χ0n) is 13.6. The molecule has 0 saturated carbocycles. The molecule has 2 unspecified atom stereocenters. The summed E-state index contributed by atoms with van der Waals surface area (Å²) in [5.74, 6) is -0.919. The molecule has 3 rings (SSSR count). The van der Waals surface area contributed by atoms with Crippen molar-refractivity contribution in [3.63, 3.8) is 0 Å². The molecular weight excluding hydrogens is 334 g/mol. The average molecular weight is 351 g/mol. The Labute approximate surface area is 150 Å². The third-order valence-electron chi connectivity index (χ3n) is 4.27. The molecule has 6 heteroatoms. The van der Waals surface area contributed by atoms with Gasteiger partial charge in [0.2, 0.25) is 0 Å². The first kappa shape index (κ1) is 17.3. The second-order valence-corrected chi connectivity index (χ2v) is 6.85. The summed E-state index contributed by atoms with van der Waals surface area (Å²) in [5, 5.41) is 20.6. The predicted octanol–water partition coefficient (Wildman–Crippen LogP) is 3.82. The van der Waals surface area contributed by atoms with E-state index in [0.717, 1.165) is 30.7 Å². The highest BCUT2D eigenvalue weighted by Crippen LogP contribution is 2.28. The van der Waals surface area contributed by atoms with Gasteiger partial charge in [0.15, 0.2) is 11.7 Å². The minimum absolute atomic E-state index is 0.0984. The van der Waals surface area contributed by atoms with Crippen molar-refractivity contribution in [1.29, 1.82) is 10.5 Å². The lowest BCUT2D eigenvalue weighted by atomic mass is 10.00. The molecule has 1 fully saturated rings. The van der Waals surface area contributed by atoms with E-state index in [1.807, 2.05) is 17.5 Å². The summed E-state index contributed by atoms with van der Waals surface area (Å²) in [4.78, 5) is 16.9. The Kier molecular flexibility index (Phi) is 5.55. The van der Waals surface area contributed by atoms with Gasteiger partial charge in [-0.1, -0.05) is 12.1 Å². The fourth-order valence-electron chi connectivity index (χ4n) is 2.85. The number of nitriles is 2. The molecule has 1 saturated heterocycles. The van der Waals surface area contributed by atoms with E-state index in [2.05, 4.69) is 17.1 Å². The highest BCUT2D eigenvalue weighted by molar-refractivity contribution is 7.10. The average Bonchev–Trinajstić information content (AvgIpc) is 3.33. The van der Waals surface area contributed by atoms with Crippen molar-refractivity contribution in [3.8, 4) is 23.4 Å². The third-order valence-corrected chi connectivity index (χ3v) is 5.18. The van der Waals surface area contributed by atoms with Crippen LogP contribution in [0.3, 0.4) is 0 Å². The molecule has 0 bridgehead atoms. The van der Waals surface area contributed by atoms with Gasteiger partial charge in [0.1, 0.15) is 5.01 Å². The van der Waals surface area contributed by atoms with Crippen LogP contribution < -0.4 is 0 Å². The van der Waals surface area contributed by atoms with E-state index < -0.39 is 5.92 Å². The second kappa shape index (κ2) is 8.02. The zero-order chi connectivity index (χ0) is 17.6.